The highest BCUT2D eigenvalue weighted by Gasteiger charge is 2.28. The van der Waals surface area contributed by atoms with Gasteiger partial charge in [-0.3, -0.25) is 4.79 Å². The molecule has 0 saturated carbocycles. The van der Waals surface area contributed by atoms with Crippen LogP contribution in [0, 0.1) is 5.92 Å². The lowest BCUT2D eigenvalue weighted by atomic mass is 10.0. The van der Waals surface area contributed by atoms with Crippen molar-refractivity contribution in [1.29, 1.82) is 0 Å². The number of ether oxygens (including phenoxy) is 2. The van der Waals surface area contributed by atoms with E-state index in [-0.39, 0.29) is 11.8 Å². The van der Waals surface area contributed by atoms with Gasteiger partial charge in [0.05, 0.1) is 19.6 Å². The Balaban J connectivity index is 2.00. The minimum absolute atomic E-state index is 0.145. The molecule has 1 aliphatic heterocycles. The summed E-state index contributed by atoms with van der Waals surface area (Å²) in [4.78, 5) is 23.9. The van der Waals surface area contributed by atoms with Gasteiger partial charge in [-0.2, -0.15) is 0 Å². The number of benzene rings is 1. The first-order valence-corrected chi connectivity index (χ1v) is 6.70. The molecule has 2 rings (SSSR count). The molecule has 0 bridgehead atoms. The van der Waals surface area contributed by atoms with Crippen LogP contribution >= 0.6 is 0 Å². The molecule has 20 heavy (non-hydrogen) atoms. The summed E-state index contributed by atoms with van der Waals surface area (Å²) in [5.74, 6) is -0.743. The summed E-state index contributed by atoms with van der Waals surface area (Å²) in [6.07, 6.45) is 1.12. The third-order valence-electron chi connectivity index (χ3n) is 3.39. The van der Waals surface area contributed by atoms with Crippen molar-refractivity contribution in [3.63, 3.8) is 0 Å². The van der Waals surface area contributed by atoms with Crippen LogP contribution in [0.1, 0.15) is 12.0 Å². The molecule has 1 aliphatic rings. The normalized spacial score (nSPS) is 19.4. The molecule has 2 atom stereocenters. The first kappa shape index (κ1) is 14.5. The van der Waals surface area contributed by atoms with E-state index >= 15 is 0 Å². The summed E-state index contributed by atoms with van der Waals surface area (Å²) in [7, 11) is 1.32. The molecule has 0 spiro atoms. The van der Waals surface area contributed by atoms with E-state index < -0.39 is 12.0 Å². The molecule has 1 aromatic carbocycles. The molecule has 1 N–H and O–H groups in total. The van der Waals surface area contributed by atoms with E-state index in [1.807, 2.05) is 30.3 Å². The van der Waals surface area contributed by atoms with Gasteiger partial charge in [0.2, 0.25) is 5.91 Å². The van der Waals surface area contributed by atoms with Crippen LogP contribution in [0.3, 0.4) is 0 Å². The van der Waals surface area contributed by atoms with Gasteiger partial charge in [-0.15, -0.1) is 0 Å². The minimum Gasteiger partial charge on any atom is -0.467 e. The number of nitrogens with one attached hydrogen (secondary N) is 1. The van der Waals surface area contributed by atoms with E-state index in [0.717, 1.165) is 5.56 Å². The van der Waals surface area contributed by atoms with Gasteiger partial charge < -0.3 is 14.8 Å². The Morgan fingerprint density at radius 1 is 1.40 bits per heavy atom. The molecule has 0 unspecified atom stereocenters. The monoisotopic (exact) mass is 277 g/mol. The highest BCUT2D eigenvalue weighted by atomic mass is 16.5. The van der Waals surface area contributed by atoms with Crippen molar-refractivity contribution in [3.8, 4) is 0 Å². The molecular formula is C15H19NO4. The zero-order valence-corrected chi connectivity index (χ0v) is 11.5. The zero-order chi connectivity index (χ0) is 14.4. The summed E-state index contributed by atoms with van der Waals surface area (Å²) in [6, 6.07) is 8.88. The average molecular weight is 277 g/mol. The number of methoxy groups -OCH3 is 1. The summed E-state index contributed by atoms with van der Waals surface area (Å²) in [5.41, 5.74) is 0.978. The van der Waals surface area contributed by atoms with Crippen LogP contribution in [0.4, 0.5) is 0 Å². The van der Waals surface area contributed by atoms with Crippen molar-refractivity contribution in [2.75, 3.05) is 20.3 Å². The topological polar surface area (TPSA) is 64.6 Å². The van der Waals surface area contributed by atoms with Crippen molar-refractivity contribution >= 4 is 11.9 Å². The van der Waals surface area contributed by atoms with Crippen molar-refractivity contribution in [3.05, 3.63) is 35.9 Å². The number of carbonyl (C=O) groups excluding carboxylic acids is 2. The lowest BCUT2D eigenvalue weighted by Gasteiger charge is -2.18. The molecule has 1 saturated heterocycles. The fourth-order valence-electron chi connectivity index (χ4n) is 2.22. The van der Waals surface area contributed by atoms with Crippen LogP contribution < -0.4 is 5.32 Å². The fraction of sp³-hybridized carbons (Fsp3) is 0.467. The van der Waals surface area contributed by atoms with Gasteiger partial charge in [-0.25, -0.2) is 4.79 Å². The van der Waals surface area contributed by atoms with E-state index in [4.69, 9.17) is 9.47 Å². The SMILES string of the molecule is COC(=O)[C@H](Cc1ccccc1)NC(=O)[C@H]1CCOC1. The molecule has 1 fully saturated rings. The van der Waals surface area contributed by atoms with E-state index in [0.29, 0.717) is 26.1 Å². The minimum atomic E-state index is -0.657. The van der Waals surface area contributed by atoms with Crippen LogP contribution in [0.5, 0.6) is 0 Å². The Morgan fingerprint density at radius 3 is 2.75 bits per heavy atom. The number of hydrogen-bond donors (Lipinski definition) is 1. The maximum atomic E-state index is 12.1. The van der Waals surface area contributed by atoms with E-state index in [9.17, 15) is 9.59 Å². The van der Waals surface area contributed by atoms with Gasteiger partial charge in [-0.05, 0) is 12.0 Å². The smallest absolute Gasteiger partial charge is 0.328 e. The molecular weight excluding hydrogens is 258 g/mol. The third kappa shape index (κ3) is 3.81. The van der Waals surface area contributed by atoms with Crippen molar-refractivity contribution in [2.24, 2.45) is 5.92 Å². The number of hydrogen-bond acceptors (Lipinski definition) is 4. The molecule has 1 heterocycles. The predicted octanol–water partition coefficient (Wildman–Crippen LogP) is 0.923. The lowest BCUT2D eigenvalue weighted by molar-refractivity contribution is -0.145. The average Bonchev–Trinajstić information content (AvgIpc) is 3.01. The van der Waals surface area contributed by atoms with Crippen LogP contribution in [0.15, 0.2) is 30.3 Å². The standard InChI is InChI=1S/C15H19NO4/c1-19-15(18)13(9-11-5-3-2-4-6-11)16-14(17)12-7-8-20-10-12/h2-6,12-13H,7-10H2,1H3,(H,16,17)/t12-,13-/m0/s1. The van der Waals surface area contributed by atoms with Gasteiger partial charge in [0.15, 0.2) is 0 Å². The van der Waals surface area contributed by atoms with Crippen molar-refractivity contribution in [1.82, 2.24) is 5.32 Å². The summed E-state index contributed by atoms with van der Waals surface area (Å²) in [6.45, 7) is 1.02. The van der Waals surface area contributed by atoms with Gasteiger partial charge >= 0.3 is 5.97 Å². The fourth-order valence-corrected chi connectivity index (χ4v) is 2.22. The predicted molar refractivity (Wildman–Crippen MR) is 73.0 cm³/mol. The van der Waals surface area contributed by atoms with E-state index in [1.54, 1.807) is 0 Å². The molecule has 5 heteroatoms. The molecule has 1 aromatic rings. The van der Waals surface area contributed by atoms with Gasteiger partial charge in [0, 0.05) is 13.0 Å². The second-order valence-corrected chi connectivity index (χ2v) is 4.83. The summed E-state index contributed by atoms with van der Waals surface area (Å²) in [5, 5.41) is 2.76. The zero-order valence-electron chi connectivity index (χ0n) is 11.5. The second-order valence-electron chi connectivity index (χ2n) is 4.83. The highest BCUT2D eigenvalue weighted by molar-refractivity contribution is 5.86. The molecule has 0 aromatic heterocycles. The summed E-state index contributed by atoms with van der Waals surface area (Å²) < 4.78 is 9.95. The largest absolute Gasteiger partial charge is 0.467 e. The number of rotatable bonds is 5. The van der Waals surface area contributed by atoms with Crippen molar-refractivity contribution < 1.29 is 19.1 Å². The lowest BCUT2D eigenvalue weighted by Crippen LogP contribution is -2.45. The Bertz CT molecular complexity index is 454. The van der Waals surface area contributed by atoms with E-state index in [2.05, 4.69) is 5.32 Å². The van der Waals surface area contributed by atoms with Crippen LogP contribution in [-0.4, -0.2) is 38.2 Å². The Kier molecular flexibility index (Phi) is 5.12. The molecule has 0 aliphatic carbocycles. The van der Waals surface area contributed by atoms with Gasteiger partial charge in [0.25, 0.3) is 0 Å². The van der Waals surface area contributed by atoms with Crippen LogP contribution in [0.25, 0.3) is 0 Å². The Hall–Kier alpha value is -1.88. The molecule has 0 radical (unpaired) electrons. The number of amides is 1. The second kappa shape index (κ2) is 7.05. The molecule has 1 amide bonds. The Morgan fingerprint density at radius 2 is 2.15 bits per heavy atom. The first-order chi connectivity index (χ1) is 9.70. The molecule has 108 valence electrons. The quantitative estimate of drug-likeness (QED) is 0.813. The summed E-state index contributed by atoms with van der Waals surface area (Å²) >= 11 is 0. The number of esters is 1. The van der Waals surface area contributed by atoms with Gasteiger partial charge in [-0.1, -0.05) is 30.3 Å². The van der Waals surface area contributed by atoms with Gasteiger partial charge in [0.1, 0.15) is 6.04 Å². The number of carbonyl (C=O) groups is 2. The maximum Gasteiger partial charge on any atom is 0.328 e. The third-order valence-corrected chi connectivity index (χ3v) is 3.39. The first-order valence-electron chi connectivity index (χ1n) is 6.70. The maximum absolute atomic E-state index is 12.1. The van der Waals surface area contributed by atoms with E-state index in [1.165, 1.54) is 7.11 Å². The van der Waals surface area contributed by atoms with Crippen molar-refractivity contribution in [2.45, 2.75) is 18.9 Å². The molecule has 5 nitrogen and oxygen atoms in total. The van der Waals surface area contributed by atoms with Crippen LogP contribution in [0.2, 0.25) is 0 Å². The van der Waals surface area contributed by atoms with Crippen LogP contribution in [-0.2, 0) is 25.5 Å². The highest BCUT2D eigenvalue weighted by Crippen LogP contribution is 2.13. The Labute approximate surface area is 118 Å².